The second-order valence-corrected chi connectivity index (χ2v) is 9.26. The van der Waals surface area contributed by atoms with Crippen molar-refractivity contribution in [2.75, 3.05) is 26.7 Å². The molecule has 0 saturated carbocycles. The molecule has 0 aliphatic carbocycles. The van der Waals surface area contributed by atoms with Crippen LogP contribution in [0.3, 0.4) is 0 Å². The highest BCUT2D eigenvalue weighted by atomic mass is 19.1. The van der Waals surface area contributed by atoms with E-state index in [2.05, 4.69) is 14.9 Å². The molecule has 1 amide bonds. The summed E-state index contributed by atoms with van der Waals surface area (Å²) in [5.74, 6) is -0.201. The Morgan fingerprint density at radius 1 is 1.20 bits per heavy atom. The predicted octanol–water partition coefficient (Wildman–Crippen LogP) is 3.63. The zero-order chi connectivity index (χ0) is 24.9. The quantitative estimate of drug-likeness (QED) is 0.559. The number of nitrogens with zero attached hydrogens (tertiary/aromatic N) is 4. The molecule has 0 saturated heterocycles. The first-order valence-electron chi connectivity index (χ1n) is 11.8. The van der Waals surface area contributed by atoms with Crippen molar-refractivity contribution >= 4 is 5.91 Å². The minimum atomic E-state index is -0.349. The van der Waals surface area contributed by atoms with Gasteiger partial charge in [-0.3, -0.25) is 14.7 Å². The first-order valence-corrected chi connectivity index (χ1v) is 11.8. The molecule has 1 aliphatic rings. The van der Waals surface area contributed by atoms with E-state index in [9.17, 15) is 14.3 Å². The number of fused-ring (bicyclic) bond motifs is 1. The number of carbonyl (C=O) groups is 1. The summed E-state index contributed by atoms with van der Waals surface area (Å²) < 4.78 is 19.6. The SMILES string of the molecule is C[C@H]1CN([C@@H](C)CO)C(=O)c2cc(-c3ccncc3)cnc2O[C@H]1CN(C)Cc1ccc(F)cc1. The molecule has 3 atom stereocenters. The van der Waals surface area contributed by atoms with E-state index in [1.54, 1.807) is 41.7 Å². The summed E-state index contributed by atoms with van der Waals surface area (Å²) in [7, 11) is 1.98. The van der Waals surface area contributed by atoms with Gasteiger partial charge in [0.1, 0.15) is 17.5 Å². The number of hydrogen-bond donors (Lipinski definition) is 1. The maximum Gasteiger partial charge on any atom is 0.259 e. The van der Waals surface area contributed by atoms with E-state index in [0.29, 0.717) is 25.2 Å². The molecule has 2 aromatic heterocycles. The van der Waals surface area contributed by atoms with Crippen molar-refractivity contribution in [3.63, 3.8) is 0 Å². The maximum atomic E-state index is 13.6. The van der Waals surface area contributed by atoms with Crippen LogP contribution in [0.25, 0.3) is 11.1 Å². The molecule has 8 heteroatoms. The Bertz CT molecular complexity index is 1140. The number of likely N-dealkylation sites (N-methyl/N-ethyl adjacent to an activating group) is 1. The van der Waals surface area contributed by atoms with Gasteiger partial charge in [0.15, 0.2) is 0 Å². The molecule has 1 aliphatic heterocycles. The molecule has 3 aromatic rings. The maximum absolute atomic E-state index is 13.6. The van der Waals surface area contributed by atoms with E-state index in [-0.39, 0.29) is 42.3 Å². The van der Waals surface area contributed by atoms with Gasteiger partial charge in [0, 0.05) is 49.7 Å². The number of amides is 1. The summed E-state index contributed by atoms with van der Waals surface area (Å²) in [5, 5.41) is 9.85. The van der Waals surface area contributed by atoms with E-state index in [4.69, 9.17) is 4.74 Å². The number of halogens is 1. The lowest BCUT2D eigenvalue weighted by atomic mass is 9.99. The van der Waals surface area contributed by atoms with Crippen molar-refractivity contribution < 1.29 is 19.0 Å². The zero-order valence-electron chi connectivity index (χ0n) is 20.3. The number of hydrogen-bond acceptors (Lipinski definition) is 6. The highest BCUT2D eigenvalue weighted by Crippen LogP contribution is 2.30. The predicted molar refractivity (Wildman–Crippen MR) is 131 cm³/mol. The molecule has 4 rings (SSSR count). The first kappa shape index (κ1) is 24.8. The number of pyridine rings is 2. The van der Waals surface area contributed by atoms with Crippen molar-refractivity contribution in [3.05, 3.63) is 78.0 Å². The van der Waals surface area contributed by atoms with Crippen LogP contribution in [0.2, 0.25) is 0 Å². The third-order valence-electron chi connectivity index (χ3n) is 6.39. The fraction of sp³-hybridized carbons (Fsp3) is 0.370. The highest BCUT2D eigenvalue weighted by molar-refractivity contribution is 5.98. The van der Waals surface area contributed by atoms with Crippen LogP contribution in [0.15, 0.2) is 61.1 Å². The minimum absolute atomic E-state index is 0.0153. The van der Waals surface area contributed by atoms with E-state index < -0.39 is 0 Å². The minimum Gasteiger partial charge on any atom is -0.472 e. The lowest BCUT2D eigenvalue weighted by Crippen LogP contribution is -2.49. The molecule has 0 fully saturated rings. The van der Waals surface area contributed by atoms with Gasteiger partial charge in [-0.25, -0.2) is 9.37 Å². The lowest BCUT2D eigenvalue weighted by molar-refractivity contribution is 0.0325. The summed E-state index contributed by atoms with van der Waals surface area (Å²) in [6.07, 6.45) is 4.84. The van der Waals surface area contributed by atoms with Gasteiger partial charge < -0.3 is 14.7 Å². The molecule has 1 aromatic carbocycles. The number of aliphatic hydroxyl groups is 1. The molecule has 35 heavy (non-hydrogen) atoms. The molecular weight excluding hydrogens is 447 g/mol. The Balaban J connectivity index is 1.63. The highest BCUT2D eigenvalue weighted by Gasteiger charge is 2.34. The summed E-state index contributed by atoms with van der Waals surface area (Å²) >= 11 is 0. The molecule has 0 spiro atoms. The van der Waals surface area contributed by atoms with Crippen molar-refractivity contribution in [2.24, 2.45) is 5.92 Å². The smallest absolute Gasteiger partial charge is 0.259 e. The fourth-order valence-corrected chi connectivity index (χ4v) is 4.30. The summed E-state index contributed by atoms with van der Waals surface area (Å²) in [6, 6.07) is 11.6. The third kappa shape index (κ3) is 5.83. The van der Waals surface area contributed by atoms with Crippen molar-refractivity contribution in [3.8, 4) is 17.0 Å². The van der Waals surface area contributed by atoms with Gasteiger partial charge in [0.25, 0.3) is 5.91 Å². The van der Waals surface area contributed by atoms with Crippen LogP contribution in [-0.2, 0) is 6.54 Å². The van der Waals surface area contributed by atoms with Gasteiger partial charge in [0.05, 0.1) is 12.6 Å². The third-order valence-corrected chi connectivity index (χ3v) is 6.39. The van der Waals surface area contributed by atoms with Crippen LogP contribution in [0.4, 0.5) is 4.39 Å². The normalized spacial score (nSPS) is 19.0. The topological polar surface area (TPSA) is 78.8 Å². The summed E-state index contributed by atoms with van der Waals surface area (Å²) in [4.78, 5) is 26.0. The summed E-state index contributed by atoms with van der Waals surface area (Å²) in [6.45, 7) is 5.39. The average molecular weight is 479 g/mol. The average Bonchev–Trinajstić information content (AvgIpc) is 2.87. The van der Waals surface area contributed by atoms with Crippen LogP contribution in [0, 0.1) is 11.7 Å². The van der Waals surface area contributed by atoms with Gasteiger partial charge >= 0.3 is 0 Å². The van der Waals surface area contributed by atoms with E-state index in [1.165, 1.54) is 12.1 Å². The van der Waals surface area contributed by atoms with Gasteiger partial charge in [-0.15, -0.1) is 0 Å². The zero-order valence-corrected chi connectivity index (χ0v) is 20.3. The molecule has 0 bridgehead atoms. The van der Waals surface area contributed by atoms with Gasteiger partial charge in [-0.1, -0.05) is 19.1 Å². The molecule has 3 heterocycles. The Hall–Kier alpha value is -3.36. The lowest BCUT2D eigenvalue weighted by Gasteiger charge is -2.37. The Kier molecular flexibility index (Phi) is 7.73. The number of rotatable bonds is 7. The number of aromatic nitrogens is 2. The summed E-state index contributed by atoms with van der Waals surface area (Å²) in [5.41, 5.74) is 3.06. The molecule has 7 nitrogen and oxygen atoms in total. The first-order chi connectivity index (χ1) is 16.9. The Morgan fingerprint density at radius 3 is 2.60 bits per heavy atom. The van der Waals surface area contributed by atoms with E-state index >= 15 is 0 Å². The fourth-order valence-electron chi connectivity index (χ4n) is 4.30. The van der Waals surface area contributed by atoms with Crippen molar-refractivity contribution in [1.82, 2.24) is 19.8 Å². The largest absolute Gasteiger partial charge is 0.472 e. The Labute approximate surface area is 205 Å². The second-order valence-electron chi connectivity index (χ2n) is 9.26. The van der Waals surface area contributed by atoms with Crippen molar-refractivity contribution in [2.45, 2.75) is 32.5 Å². The van der Waals surface area contributed by atoms with Crippen LogP contribution >= 0.6 is 0 Å². The van der Waals surface area contributed by atoms with Crippen LogP contribution < -0.4 is 4.74 Å². The van der Waals surface area contributed by atoms with E-state index in [1.807, 2.05) is 33.0 Å². The van der Waals surface area contributed by atoms with Crippen LogP contribution in [-0.4, -0.2) is 69.7 Å². The van der Waals surface area contributed by atoms with E-state index in [0.717, 1.165) is 16.7 Å². The van der Waals surface area contributed by atoms with Crippen LogP contribution in [0.1, 0.15) is 29.8 Å². The number of aliphatic hydroxyl groups excluding tert-OH is 1. The van der Waals surface area contributed by atoms with Gasteiger partial charge in [-0.05, 0) is 55.4 Å². The van der Waals surface area contributed by atoms with Crippen LogP contribution in [0.5, 0.6) is 5.88 Å². The number of ether oxygens (including phenoxy) is 1. The molecule has 184 valence electrons. The van der Waals surface area contributed by atoms with Gasteiger partial charge in [0.2, 0.25) is 5.88 Å². The number of benzene rings is 1. The Morgan fingerprint density at radius 2 is 1.91 bits per heavy atom. The second kappa shape index (κ2) is 10.9. The standard InChI is InChI=1S/C27H31FN4O3/c1-18-14-32(19(2)17-33)27(34)24-12-22(21-8-10-29-11-9-21)13-30-26(24)35-25(18)16-31(3)15-20-4-6-23(28)7-5-20/h4-13,18-19,25,33H,14-17H2,1-3H3/t18-,19-,25-/m0/s1. The monoisotopic (exact) mass is 478 g/mol. The molecule has 0 unspecified atom stereocenters. The van der Waals surface area contributed by atoms with Gasteiger partial charge in [-0.2, -0.15) is 0 Å². The number of carbonyl (C=O) groups excluding carboxylic acids is 1. The molecular formula is C27H31FN4O3. The molecule has 1 N–H and O–H groups in total. The molecule has 0 radical (unpaired) electrons. The van der Waals surface area contributed by atoms with Crippen molar-refractivity contribution in [1.29, 1.82) is 0 Å².